The predicted molar refractivity (Wildman–Crippen MR) is 35.9 cm³/mol. The zero-order valence-electron chi connectivity index (χ0n) is 6.00. The Bertz CT molecular complexity index is 245. The second kappa shape index (κ2) is 2.95. The normalized spacial score (nSPS) is 10.2. The van der Waals surface area contributed by atoms with Crippen molar-refractivity contribution in [1.29, 1.82) is 0 Å². The van der Waals surface area contributed by atoms with Gasteiger partial charge in [-0.1, -0.05) is 0 Å². The molecule has 0 spiro atoms. The maximum Gasteiger partial charge on any atom is 0.132 e. The van der Waals surface area contributed by atoms with E-state index < -0.39 is 18.3 Å². The molecule has 0 amide bonds. The summed E-state index contributed by atoms with van der Waals surface area (Å²) >= 11 is 0. The van der Waals surface area contributed by atoms with Crippen LogP contribution in [0.4, 0.5) is 13.2 Å². The molecule has 0 N–H and O–H groups in total. The lowest BCUT2D eigenvalue weighted by molar-refractivity contribution is 0.458. The van der Waals surface area contributed by atoms with Gasteiger partial charge in [-0.25, -0.2) is 13.2 Å². The topological polar surface area (TPSA) is 0 Å². The standard InChI is InChI=1S/C8H7F3/c1-5-2-6(10)3-8(11)7(5)4-9/h2-3H,4H2,1H3. The monoisotopic (exact) mass is 160 g/mol. The van der Waals surface area contributed by atoms with E-state index in [1.807, 2.05) is 0 Å². The van der Waals surface area contributed by atoms with Crippen LogP contribution in [-0.4, -0.2) is 0 Å². The average Bonchev–Trinajstić information content (AvgIpc) is 1.85. The van der Waals surface area contributed by atoms with Crippen molar-refractivity contribution in [2.75, 3.05) is 0 Å². The van der Waals surface area contributed by atoms with E-state index in [1.165, 1.54) is 6.92 Å². The van der Waals surface area contributed by atoms with Crippen LogP contribution in [0.25, 0.3) is 0 Å². The van der Waals surface area contributed by atoms with Crippen LogP contribution in [0.1, 0.15) is 11.1 Å². The summed E-state index contributed by atoms with van der Waals surface area (Å²) in [7, 11) is 0. The first-order valence-corrected chi connectivity index (χ1v) is 3.15. The fourth-order valence-corrected chi connectivity index (χ4v) is 0.901. The molecule has 0 unspecified atom stereocenters. The molecule has 0 aliphatic carbocycles. The molecule has 0 radical (unpaired) electrons. The van der Waals surface area contributed by atoms with Gasteiger partial charge in [-0.2, -0.15) is 0 Å². The highest BCUT2D eigenvalue weighted by Gasteiger charge is 2.06. The van der Waals surface area contributed by atoms with Gasteiger partial charge in [0.2, 0.25) is 0 Å². The van der Waals surface area contributed by atoms with Crippen molar-refractivity contribution in [2.24, 2.45) is 0 Å². The van der Waals surface area contributed by atoms with E-state index >= 15 is 0 Å². The van der Waals surface area contributed by atoms with Crippen LogP contribution >= 0.6 is 0 Å². The maximum atomic E-state index is 12.6. The lowest BCUT2D eigenvalue weighted by atomic mass is 10.1. The Labute approximate surface area is 62.7 Å². The molecule has 1 aromatic carbocycles. The molecule has 3 heteroatoms. The fourth-order valence-electron chi connectivity index (χ4n) is 0.901. The highest BCUT2D eigenvalue weighted by Crippen LogP contribution is 2.15. The van der Waals surface area contributed by atoms with Crippen LogP contribution in [-0.2, 0) is 6.67 Å². The minimum atomic E-state index is -0.891. The van der Waals surface area contributed by atoms with Crippen molar-refractivity contribution in [2.45, 2.75) is 13.6 Å². The molecule has 0 atom stereocenters. The van der Waals surface area contributed by atoms with Crippen LogP contribution in [0, 0.1) is 18.6 Å². The number of hydrogen-bond donors (Lipinski definition) is 0. The predicted octanol–water partition coefficient (Wildman–Crippen LogP) is 2.74. The van der Waals surface area contributed by atoms with Crippen LogP contribution in [0.2, 0.25) is 0 Å². The number of alkyl halides is 1. The van der Waals surface area contributed by atoms with Gasteiger partial charge in [0.15, 0.2) is 0 Å². The molecule has 0 nitrogen and oxygen atoms in total. The van der Waals surface area contributed by atoms with Gasteiger partial charge >= 0.3 is 0 Å². The SMILES string of the molecule is Cc1cc(F)cc(F)c1CF. The molecule has 0 saturated heterocycles. The van der Waals surface area contributed by atoms with Gasteiger partial charge in [-0.3, -0.25) is 0 Å². The lowest BCUT2D eigenvalue weighted by Gasteiger charge is -2.01. The zero-order chi connectivity index (χ0) is 8.43. The number of halogens is 3. The maximum absolute atomic E-state index is 12.6. The summed E-state index contributed by atoms with van der Waals surface area (Å²) in [4.78, 5) is 0. The molecule has 1 aromatic rings. The number of aryl methyl sites for hydroxylation is 1. The summed E-state index contributed by atoms with van der Waals surface area (Å²) in [5.74, 6) is -1.48. The third-order valence-electron chi connectivity index (χ3n) is 1.52. The second-order valence-corrected chi connectivity index (χ2v) is 2.32. The van der Waals surface area contributed by atoms with E-state index in [0.717, 1.165) is 6.07 Å². The van der Waals surface area contributed by atoms with Crippen molar-refractivity contribution in [3.05, 3.63) is 34.9 Å². The lowest BCUT2D eigenvalue weighted by Crippen LogP contribution is -1.92. The molecule has 0 saturated carbocycles. The van der Waals surface area contributed by atoms with Gasteiger partial charge in [0, 0.05) is 11.6 Å². The highest BCUT2D eigenvalue weighted by atomic mass is 19.1. The van der Waals surface area contributed by atoms with E-state index in [1.54, 1.807) is 0 Å². The molecule has 1 rings (SSSR count). The van der Waals surface area contributed by atoms with Gasteiger partial charge in [0.1, 0.15) is 18.3 Å². The Hall–Kier alpha value is -0.990. The summed E-state index contributed by atoms with van der Waals surface area (Å²) in [5.41, 5.74) is 0.247. The van der Waals surface area contributed by atoms with E-state index in [9.17, 15) is 13.2 Å². The van der Waals surface area contributed by atoms with Crippen molar-refractivity contribution in [1.82, 2.24) is 0 Å². The Balaban J connectivity index is 3.25. The average molecular weight is 160 g/mol. The van der Waals surface area contributed by atoms with Gasteiger partial charge in [-0.05, 0) is 18.6 Å². The van der Waals surface area contributed by atoms with Crippen LogP contribution in [0.5, 0.6) is 0 Å². The van der Waals surface area contributed by atoms with E-state index in [2.05, 4.69) is 0 Å². The number of benzene rings is 1. The summed E-state index contributed by atoms with van der Waals surface area (Å²) in [5, 5.41) is 0. The largest absolute Gasteiger partial charge is 0.246 e. The van der Waals surface area contributed by atoms with E-state index in [0.29, 0.717) is 11.6 Å². The molecular formula is C8H7F3. The van der Waals surface area contributed by atoms with Crippen molar-refractivity contribution < 1.29 is 13.2 Å². The number of rotatable bonds is 1. The van der Waals surface area contributed by atoms with Crippen molar-refractivity contribution in [3.8, 4) is 0 Å². The third kappa shape index (κ3) is 1.53. The highest BCUT2D eigenvalue weighted by molar-refractivity contribution is 5.27. The Kier molecular flexibility index (Phi) is 2.17. The van der Waals surface area contributed by atoms with Crippen molar-refractivity contribution in [3.63, 3.8) is 0 Å². The minimum absolute atomic E-state index is 0.0635. The van der Waals surface area contributed by atoms with Crippen molar-refractivity contribution >= 4 is 0 Å². The Morgan fingerprint density at radius 2 is 1.91 bits per heavy atom. The molecule has 11 heavy (non-hydrogen) atoms. The summed E-state index contributed by atoms with van der Waals surface area (Å²) in [6.45, 7) is 0.582. The zero-order valence-corrected chi connectivity index (χ0v) is 6.00. The first-order valence-electron chi connectivity index (χ1n) is 3.15. The van der Waals surface area contributed by atoms with Gasteiger partial charge < -0.3 is 0 Å². The molecule has 0 bridgehead atoms. The third-order valence-corrected chi connectivity index (χ3v) is 1.52. The van der Waals surface area contributed by atoms with Crippen LogP contribution in [0.15, 0.2) is 12.1 Å². The fraction of sp³-hybridized carbons (Fsp3) is 0.250. The molecule has 60 valence electrons. The van der Waals surface area contributed by atoms with Crippen LogP contribution < -0.4 is 0 Å². The van der Waals surface area contributed by atoms with Gasteiger partial charge in [-0.15, -0.1) is 0 Å². The first kappa shape index (κ1) is 8.11. The Morgan fingerprint density at radius 1 is 1.27 bits per heavy atom. The molecule has 0 aromatic heterocycles. The Morgan fingerprint density at radius 3 is 2.36 bits per heavy atom. The van der Waals surface area contributed by atoms with Gasteiger partial charge in [0.05, 0.1) is 0 Å². The summed E-state index contributed by atoms with van der Waals surface area (Å²) in [6.07, 6.45) is 0. The van der Waals surface area contributed by atoms with Crippen LogP contribution in [0.3, 0.4) is 0 Å². The van der Waals surface area contributed by atoms with Gasteiger partial charge in [0.25, 0.3) is 0 Å². The van der Waals surface area contributed by atoms with E-state index in [-0.39, 0.29) is 5.56 Å². The summed E-state index contributed by atoms with van der Waals surface area (Å²) in [6, 6.07) is 1.79. The quantitative estimate of drug-likeness (QED) is 0.592. The molecule has 0 heterocycles. The molecule has 0 fully saturated rings. The molecular weight excluding hydrogens is 153 g/mol. The smallest absolute Gasteiger partial charge is 0.132 e. The summed E-state index contributed by atoms with van der Waals surface area (Å²) < 4.78 is 37.0. The first-order chi connectivity index (χ1) is 5.15. The molecule has 0 aliphatic heterocycles. The second-order valence-electron chi connectivity index (χ2n) is 2.32. The number of hydrogen-bond acceptors (Lipinski definition) is 0. The molecule has 0 aliphatic rings. The minimum Gasteiger partial charge on any atom is -0.246 e. The van der Waals surface area contributed by atoms with E-state index in [4.69, 9.17) is 0 Å².